The van der Waals surface area contributed by atoms with Crippen molar-refractivity contribution in [2.24, 2.45) is 0 Å². The number of benzene rings is 3. The number of carbonyl (C=O) groups is 1. The van der Waals surface area contributed by atoms with Crippen molar-refractivity contribution in [1.82, 2.24) is 0 Å². The van der Waals surface area contributed by atoms with E-state index in [1.165, 1.54) is 0 Å². The first-order valence-electron chi connectivity index (χ1n) is 13.8. The van der Waals surface area contributed by atoms with Gasteiger partial charge in [-0.2, -0.15) is 0 Å². The minimum Gasteiger partial charge on any atom is -0.497 e. The lowest BCUT2D eigenvalue weighted by Gasteiger charge is -2.36. The number of methoxy groups -OCH3 is 1. The molecule has 0 aromatic heterocycles. The molecule has 0 aliphatic rings. The molecule has 210 valence electrons. The molecule has 3 rings (SSSR count). The second-order valence-electron chi connectivity index (χ2n) is 11.4. The van der Waals surface area contributed by atoms with Crippen LogP contribution in [0.5, 0.6) is 11.5 Å². The quantitative estimate of drug-likeness (QED) is 0.115. The van der Waals surface area contributed by atoms with Gasteiger partial charge in [-0.05, 0) is 78.4 Å². The highest BCUT2D eigenvalue weighted by Crippen LogP contribution is 2.37. The smallest absolute Gasteiger partial charge is 0.306 e. The Morgan fingerprint density at radius 3 is 2.10 bits per heavy atom. The molecule has 0 aliphatic carbocycles. The van der Waals surface area contributed by atoms with Crippen LogP contribution in [0.4, 0.5) is 0 Å². The molecular formula is C33H44O5Si. The van der Waals surface area contributed by atoms with Crippen molar-refractivity contribution in [1.29, 1.82) is 0 Å². The average molecular weight is 549 g/mol. The number of aryl methyl sites for hydroxylation is 1. The van der Waals surface area contributed by atoms with Gasteiger partial charge >= 0.3 is 5.97 Å². The minimum atomic E-state index is -1.81. The third-order valence-corrected chi connectivity index (χ3v) is 12.0. The molecule has 5 nitrogen and oxygen atoms in total. The van der Waals surface area contributed by atoms with Crippen molar-refractivity contribution in [2.45, 2.75) is 77.3 Å². The summed E-state index contributed by atoms with van der Waals surface area (Å²) < 4.78 is 23.5. The summed E-state index contributed by atoms with van der Waals surface area (Å²) in [5.74, 6) is 1.39. The van der Waals surface area contributed by atoms with E-state index < -0.39 is 8.32 Å². The molecule has 6 heteroatoms. The Balaban J connectivity index is 1.52. The van der Waals surface area contributed by atoms with E-state index in [2.05, 4.69) is 33.9 Å². The van der Waals surface area contributed by atoms with E-state index in [0.717, 1.165) is 34.6 Å². The molecule has 0 radical (unpaired) electrons. The van der Waals surface area contributed by atoms with Crippen molar-refractivity contribution >= 4 is 14.3 Å². The summed E-state index contributed by atoms with van der Waals surface area (Å²) in [5, 5.41) is 0.168. The van der Waals surface area contributed by atoms with Crippen LogP contribution in [0.25, 0.3) is 0 Å². The van der Waals surface area contributed by atoms with E-state index in [1.54, 1.807) is 7.11 Å². The maximum atomic E-state index is 12.9. The predicted molar refractivity (Wildman–Crippen MR) is 160 cm³/mol. The Bertz CT molecular complexity index is 1140. The molecule has 0 saturated carbocycles. The molecule has 0 spiro atoms. The van der Waals surface area contributed by atoms with Gasteiger partial charge < -0.3 is 18.6 Å². The van der Waals surface area contributed by atoms with Gasteiger partial charge in [0, 0.05) is 13.0 Å². The fourth-order valence-electron chi connectivity index (χ4n) is 3.88. The van der Waals surface area contributed by atoms with Crippen LogP contribution in [-0.2, 0) is 27.0 Å². The summed E-state index contributed by atoms with van der Waals surface area (Å²) in [5.41, 5.74) is 3.17. The van der Waals surface area contributed by atoms with Crippen LogP contribution in [0.2, 0.25) is 18.1 Å². The SMILES string of the molecule is COc1ccc([C@H](CCCO[Si](C)(C)C(C)(C)C)OC(=O)CCc2ccc(OCc3ccccc3)cc2)cc1. The van der Waals surface area contributed by atoms with Crippen molar-refractivity contribution in [3.8, 4) is 11.5 Å². The first-order chi connectivity index (χ1) is 18.6. The Morgan fingerprint density at radius 1 is 0.846 bits per heavy atom. The zero-order valence-electron chi connectivity index (χ0n) is 24.4. The lowest BCUT2D eigenvalue weighted by molar-refractivity contribution is -0.150. The number of esters is 1. The van der Waals surface area contributed by atoms with Crippen LogP contribution in [0.3, 0.4) is 0 Å². The third-order valence-electron chi connectivity index (χ3n) is 7.43. The van der Waals surface area contributed by atoms with Gasteiger partial charge in [-0.25, -0.2) is 0 Å². The molecule has 3 aromatic carbocycles. The second-order valence-corrected chi connectivity index (χ2v) is 16.2. The maximum Gasteiger partial charge on any atom is 0.306 e. The van der Waals surface area contributed by atoms with Gasteiger partial charge in [0.1, 0.15) is 24.2 Å². The summed E-state index contributed by atoms with van der Waals surface area (Å²) in [6, 6.07) is 25.8. The molecule has 39 heavy (non-hydrogen) atoms. The van der Waals surface area contributed by atoms with E-state index >= 15 is 0 Å². The van der Waals surface area contributed by atoms with Crippen LogP contribution >= 0.6 is 0 Å². The van der Waals surface area contributed by atoms with Crippen molar-refractivity contribution in [3.05, 3.63) is 95.6 Å². The highest BCUT2D eigenvalue weighted by atomic mass is 28.4. The van der Waals surface area contributed by atoms with Crippen LogP contribution in [0.1, 0.15) is 62.8 Å². The Hall–Kier alpha value is -3.09. The number of hydrogen-bond acceptors (Lipinski definition) is 5. The fraction of sp³-hybridized carbons (Fsp3) is 0.424. The number of rotatable bonds is 14. The summed E-state index contributed by atoms with van der Waals surface area (Å²) in [6.07, 6.45) is 2.14. The standard InChI is InChI=1S/C33H44O5Si/c1-33(2,3)39(5,6)37-24-10-13-31(28-17-21-29(35-4)22-18-28)38-32(34)23-16-26-14-19-30(20-15-26)36-25-27-11-8-7-9-12-27/h7-9,11-12,14-15,17-22,31H,10,13,16,23-25H2,1-6H3/t31-/m0/s1. The van der Waals surface area contributed by atoms with Crippen molar-refractivity contribution < 1.29 is 23.4 Å². The number of ether oxygens (including phenoxy) is 3. The lowest BCUT2D eigenvalue weighted by atomic mass is 10.0. The normalized spacial score (nSPS) is 12.6. The largest absolute Gasteiger partial charge is 0.497 e. The van der Waals surface area contributed by atoms with Crippen molar-refractivity contribution in [3.63, 3.8) is 0 Å². The molecule has 0 aliphatic heterocycles. The van der Waals surface area contributed by atoms with Crippen LogP contribution in [0.15, 0.2) is 78.9 Å². The Labute approximate surface area is 235 Å². The maximum absolute atomic E-state index is 12.9. The Morgan fingerprint density at radius 2 is 1.49 bits per heavy atom. The van der Waals surface area contributed by atoms with Crippen LogP contribution < -0.4 is 9.47 Å². The van der Waals surface area contributed by atoms with Gasteiger partial charge in [-0.15, -0.1) is 0 Å². The van der Waals surface area contributed by atoms with Crippen LogP contribution in [0, 0.1) is 0 Å². The summed E-state index contributed by atoms with van der Waals surface area (Å²) in [4.78, 5) is 12.9. The fourth-order valence-corrected chi connectivity index (χ4v) is 4.97. The van der Waals surface area contributed by atoms with E-state index in [4.69, 9.17) is 18.6 Å². The summed E-state index contributed by atoms with van der Waals surface area (Å²) >= 11 is 0. The minimum absolute atomic E-state index is 0.168. The van der Waals surface area contributed by atoms with Gasteiger partial charge in [0.25, 0.3) is 0 Å². The molecule has 0 N–H and O–H groups in total. The molecule has 0 fully saturated rings. The van der Waals surface area contributed by atoms with E-state index in [1.807, 2.05) is 78.9 Å². The summed E-state index contributed by atoms with van der Waals surface area (Å²) in [6.45, 7) is 12.4. The molecule has 3 aromatic rings. The first kappa shape index (κ1) is 30.4. The zero-order valence-corrected chi connectivity index (χ0v) is 25.4. The van der Waals surface area contributed by atoms with Gasteiger partial charge in [-0.3, -0.25) is 4.79 Å². The summed E-state index contributed by atoms with van der Waals surface area (Å²) in [7, 11) is -0.165. The van der Waals surface area contributed by atoms with E-state index in [-0.39, 0.29) is 17.1 Å². The molecular weight excluding hydrogens is 504 g/mol. The average Bonchev–Trinajstić information content (AvgIpc) is 2.93. The van der Waals surface area contributed by atoms with E-state index in [0.29, 0.717) is 32.5 Å². The van der Waals surface area contributed by atoms with E-state index in [9.17, 15) is 4.79 Å². The van der Waals surface area contributed by atoms with Gasteiger partial charge in [0.05, 0.1) is 7.11 Å². The van der Waals surface area contributed by atoms with Gasteiger partial charge in [-0.1, -0.05) is 75.4 Å². The number of carbonyl (C=O) groups excluding carboxylic acids is 1. The first-order valence-corrected chi connectivity index (χ1v) is 16.7. The molecule has 1 atom stereocenters. The van der Waals surface area contributed by atoms with Crippen LogP contribution in [-0.4, -0.2) is 28.0 Å². The number of hydrogen-bond donors (Lipinski definition) is 0. The third kappa shape index (κ3) is 9.86. The Kier molecular flexibility index (Phi) is 11.2. The molecule has 0 heterocycles. The topological polar surface area (TPSA) is 54.0 Å². The molecule has 0 saturated heterocycles. The lowest BCUT2D eigenvalue weighted by Crippen LogP contribution is -2.41. The predicted octanol–water partition coefficient (Wildman–Crippen LogP) is 8.29. The highest BCUT2D eigenvalue weighted by molar-refractivity contribution is 6.74. The van der Waals surface area contributed by atoms with Gasteiger partial charge in [0.15, 0.2) is 8.32 Å². The van der Waals surface area contributed by atoms with Crippen molar-refractivity contribution in [2.75, 3.05) is 13.7 Å². The zero-order chi connectivity index (χ0) is 28.3. The molecule has 0 unspecified atom stereocenters. The highest BCUT2D eigenvalue weighted by Gasteiger charge is 2.36. The van der Waals surface area contributed by atoms with Gasteiger partial charge in [0.2, 0.25) is 0 Å². The molecule has 0 amide bonds. The monoisotopic (exact) mass is 548 g/mol. The second kappa shape index (κ2) is 14.3. The molecule has 0 bridgehead atoms.